The molecule has 1 aromatic heterocycles. The highest BCUT2D eigenvalue weighted by Crippen LogP contribution is 2.04. The van der Waals surface area contributed by atoms with Crippen molar-refractivity contribution in [2.24, 2.45) is 0 Å². The van der Waals surface area contributed by atoms with E-state index in [1.54, 1.807) is 6.20 Å². The Bertz CT molecular complexity index is 167. The van der Waals surface area contributed by atoms with Gasteiger partial charge in [-0.3, -0.25) is 0 Å². The van der Waals surface area contributed by atoms with Crippen molar-refractivity contribution in [2.75, 3.05) is 0 Å². The molecule has 2 nitrogen and oxygen atoms in total. The van der Waals surface area contributed by atoms with Gasteiger partial charge in [0.15, 0.2) is 0 Å². The summed E-state index contributed by atoms with van der Waals surface area (Å²) in [6.45, 7) is 1.89. The summed E-state index contributed by atoms with van der Waals surface area (Å²) in [5, 5.41) is 0. The highest BCUT2D eigenvalue weighted by Gasteiger charge is 1.87. The predicted octanol–water partition coefficient (Wildman–Crippen LogP) is 1.07. The Morgan fingerprint density at radius 2 is 2.38 bits per heavy atom. The van der Waals surface area contributed by atoms with E-state index in [4.69, 9.17) is 0 Å². The lowest BCUT2D eigenvalue weighted by Gasteiger charge is -1.90. The molecule has 0 radical (unpaired) electrons. The minimum Gasteiger partial charge on any atom is -0.244 e. The number of aromatic nitrogens is 2. The van der Waals surface area contributed by atoms with Gasteiger partial charge in [-0.15, -0.1) is 12.6 Å². The van der Waals surface area contributed by atoms with Crippen molar-refractivity contribution in [3.05, 3.63) is 18.2 Å². The van der Waals surface area contributed by atoms with Crippen LogP contribution >= 0.6 is 12.6 Å². The van der Waals surface area contributed by atoms with Crippen molar-refractivity contribution in [2.45, 2.75) is 11.8 Å². The average Bonchev–Trinajstić information content (AvgIpc) is 1.77. The Labute approximate surface area is 53.4 Å². The van der Waals surface area contributed by atoms with Gasteiger partial charge >= 0.3 is 0 Å². The van der Waals surface area contributed by atoms with Gasteiger partial charge in [-0.1, -0.05) is 0 Å². The number of nitrogens with zero attached hydrogens (tertiary/aromatic N) is 2. The normalized spacial score (nSPS) is 9.25. The van der Waals surface area contributed by atoms with E-state index in [2.05, 4.69) is 22.6 Å². The maximum Gasteiger partial charge on any atom is 0.115 e. The summed E-state index contributed by atoms with van der Waals surface area (Å²) in [4.78, 5) is 8.49. The molecule has 1 rings (SSSR count). The number of aryl methyl sites for hydroxylation is 1. The van der Waals surface area contributed by atoms with Crippen molar-refractivity contribution in [1.82, 2.24) is 9.97 Å². The van der Waals surface area contributed by atoms with Gasteiger partial charge in [-0.25, -0.2) is 9.97 Å². The van der Waals surface area contributed by atoms with E-state index in [9.17, 15) is 0 Å². The van der Waals surface area contributed by atoms with E-state index < -0.39 is 0 Å². The van der Waals surface area contributed by atoms with Crippen LogP contribution in [0, 0.1) is 6.92 Å². The van der Waals surface area contributed by atoms with Crippen LogP contribution in [0.4, 0.5) is 0 Å². The molecule has 0 aromatic carbocycles. The molecule has 0 aliphatic rings. The van der Waals surface area contributed by atoms with Gasteiger partial charge in [0.25, 0.3) is 0 Å². The fourth-order valence-electron chi connectivity index (χ4n) is 0.383. The summed E-state index contributed by atoms with van der Waals surface area (Å²) in [7, 11) is 0. The summed E-state index contributed by atoms with van der Waals surface area (Å²) in [6.07, 6.45) is 3.18. The van der Waals surface area contributed by atoms with Gasteiger partial charge < -0.3 is 0 Å². The molecule has 0 saturated heterocycles. The van der Waals surface area contributed by atoms with Crippen LogP contribution < -0.4 is 0 Å². The molecule has 42 valence electrons. The monoisotopic (exact) mass is 126 g/mol. The van der Waals surface area contributed by atoms with Crippen LogP contribution in [0.25, 0.3) is 0 Å². The molecule has 1 heterocycles. The first-order valence-electron chi connectivity index (χ1n) is 2.26. The zero-order valence-electron chi connectivity index (χ0n) is 4.50. The smallest absolute Gasteiger partial charge is 0.115 e. The quantitative estimate of drug-likeness (QED) is 0.526. The summed E-state index contributed by atoms with van der Waals surface area (Å²) >= 11 is 4.07. The van der Waals surface area contributed by atoms with Gasteiger partial charge in [0.2, 0.25) is 0 Å². The number of hydrogen-bond acceptors (Lipinski definition) is 3. The minimum atomic E-state index is 0.840. The zero-order valence-corrected chi connectivity index (χ0v) is 5.39. The van der Waals surface area contributed by atoms with E-state index in [-0.39, 0.29) is 0 Å². The molecule has 0 aliphatic heterocycles. The maximum atomic E-state index is 4.07. The van der Waals surface area contributed by atoms with E-state index in [1.165, 1.54) is 6.33 Å². The number of thiol groups is 1. The van der Waals surface area contributed by atoms with Crippen LogP contribution in [-0.4, -0.2) is 9.97 Å². The predicted molar refractivity (Wildman–Crippen MR) is 34.0 cm³/mol. The van der Waals surface area contributed by atoms with Crippen LogP contribution in [0.15, 0.2) is 17.4 Å². The summed E-state index contributed by atoms with van der Waals surface area (Å²) in [6, 6.07) is 0. The summed E-state index contributed by atoms with van der Waals surface area (Å²) in [5.41, 5.74) is 0.920. The van der Waals surface area contributed by atoms with Crippen molar-refractivity contribution >= 4 is 12.6 Å². The third-order valence-corrected chi connectivity index (χ3v) is 1.32. The molecule has 0 amide bonds. The second kappa shape index (κ2) is 2.13. The highest BCUT2D eigenvalue weighted by atomic mass is 32.1. The Morgan fingerprint density at radius 3 is 2.75 bits per heavy atom. The Morgan fingerprint density at radius 1 is 1.62 bits per heavy atom. The van der Waals surface area contributed by atoms with Crippen molar-refractivity contribution < 1.29 is 0 Å². The first-order valence-corrected chi connectivity index (χ1v) is 2.71. The molecule has 0 fully saturated rings. The number of rotatable bonds is 0. The molecule has 0 unspecified atom stereocenters. The minimum absolute atomic E-state index is 0.840. The van der Waals surface area contributed by atoms with Gasteiger partial charge in [-0.05, 0) is 6.92 Å². The fraction of sp³-hybridized carbons (Fsp3) is 0.200. The Kier molecular flexibility index (Phi) is 1.48. The van der Waals surface area contributed by atoms with E-state index in [0.29, 0.717) is 0 Å². The van der Waals surface area contributed by atoms with E-state index in [0.717, 1.165) is 10.6 Å². The van der Waals surface area contributed by atoms with Crippen LogP contribution in [-0.2, 0) is 0 Å². The molecule has 1 aromatic rings. The largest absolute Gasteiger partial charge is 0.244 e. The molecule has 0 aliphatic carbocycles. The average molecular weight is 126 g/mol. The van der Waals surface area contributed by atoms with Gasteiger partial charge in [0.1, 0.15) is 6.33 Å². The first-order chi connectivity index (χ1) is 3.80. The lowest BCUT2D eigenvalue weighted by atomic mass is 10.5. The second-order valence-corrected chi connectivity index (χ2v) is 1.98. The first kappa shape index (κ1) is 5.56. The van der Waals surface area contributed by atoms with Gasteiger partial charge in [0.05, 0.1) is 5.69 Å². The van der Waals surface area contributed by atoms with Crippen molar-refractivity contribution in [3.63, 3.8) is 0 Å². The highest BCUT2D eigenvalue weighted by molar-refractivity contribution is 7.80. The Balaban J connectivity index is 3.13. The molecule has 0 saturated carbocycles. The molecule has 3 heteroatoms. The van der Waals surface area contributed by atoms with Crippen molar-refractivity contribution in [3.8, 4) is 0 Å². The summed E-state index contributed by atoms with van der Waals surface area (Å²) < 4.78 is 0. The molecule has 0 spiro atoms. The zero-order chi connectivity index (χ0) is 5.98. The fourth-order valence-corrected chi connectivity index (χ4v) is 0.508. The maximum absolute atomic E-state index is 4.07. The molecular weight excluding hydrogens is 120 g/mol. The Hall–Kier alpha value is -0.570. The van der Waals surface area contributed by atoms with Gasteiger partial charge in [0, 0.05) is 11.1 Å². The topological polar surface area (TPSA) is 25.8 Å². The molecule has 8 heavy (non-hydrogen) atoms. The lowest BCUT2D eigenvalue weighted by molar-refractivity contribution is 1.03. The van der Waals surface area contributed by atoms with Crippen LogP contribution in [0.5, 0.6) is 0 Å². The van der Waals surface area contributed by atoms with E-state index >= 15 is 0 Å². The SMILES string of the molecule is Cc1ncncc1S. The third-order valence-electron chi connectivity index (χ3n) is 0.886. The van der Waals surface area contributed by atoms with Crippen LogP contribution in [0.2, 0.25) is 0 Å². The standard InChI is InChI=1S/C5H6N2S/c1-4-5(8)2-6-3-7-4/h2-3,8H,1H3. The summed E-state index contributed by atoms with van der Waals surface area (Å²) in [5.74, 6) is 0. The third kappa shape index (κ3) is 0.980. The molecule has 0 bridgehead atoms. The molecule has 0 atom stereocenters. The van der Waals surface area contributed by atoms with Gasteiger partial charge in [-0.2, -0.15) is 0 Å². The second-order valence-electron chi connectivity index (χ2n) is 1.49. The van der Waals surface area contributed by atoms with Crippen molar-refractivity contribution in [1.29, 1.82) is 0 Å². The molecular formula is C5H6N2S. The molecule has 0 N–H and O–H groups in total. The number of hydrogen-bond donors (Lipinski definition) is 1. The van der Waals surface area contributed by atoms with Crippen LogP contribution in [0.1, 0.15) is 5.69 Å². The van der Waals surface area contributed by atoms with Crippen LogP contribution in [0.3, 0.4) is 0 Å². The van der Waals surface area contributed by atoms with E-state index in [1.807, 2.05) is 6.92 Å². The lowest BCUT2D eigenvalue weighted by Crippen LogP contribution is -1.82.